The van der Waals surface area contributed by atoms with Crippen LogP contribution in [0.25, 0.3) is 0 Å². The third-order valence-corrected chi connectivity index (χ3v) is 2.39. The van der Waals surface area contributed by atoms with E-state index in [4.69, 9.17) is 15.2 Å². The zero-order valence-electron chi connectivity index (χ0n) is 10.3. The molecule has 0 aliphatic heterocycles. The molecule has 0 spiro atoms. The highest BCUT2D eigenvalue weighted by Gasteiger charge is 2.15. The Balaban J connectivity index is 2.62. The molecule has 0 heterocycles. The van der Waals surface area contributed by atoms with E-state index < -0.39 is 6.04 Å². The van der Waals surface area contributed by atoms with E-state index in [9.17, 15) is 4.79 Å². The lowest BCUT2D eigenvalue weighted by Gasteiger charge is -2.14. The van der Waals surface area contributed by atoms with E-state index in [1.165, 1.54) is 0 Å². The molecule has 1 rings (SSSR count). The van der Waals surface area contributed by atoms with Gasteiger partial charge in [-0.2, -0.15) is 0 Å². The fourth-order valence-corrected chi connectivity index (χ4v) is 1.54. The van der Waals surface area contributed by atoms with Crippen LogP contribution in [0.4, 0.5) is 0 Å². The van der Waals surface area contributed by atoms with Gasteiger partial charge in [0.2, 0.25) is 0 Å². The fourth-order valence-electron chi connectivity index (χ4n) is 1.54. The minimum atomic E-state index is -0.393. The number of para-hydroxylation sites is 1. The third kappa shape index (κ3) is 4.07. The monoisotopic (exact) mass is 237 g/mol. The molecule has 0 aliphatic rings. The van der Waals surface area contributed by atoms with Crippen molar-refractivity contribution in [1.82, 2.24) is 0 Å². The van der Waals surface area contributed by atoms with Crippen LogP contribution in [0.2, 0.25) is 0 Å². The van der Waals surface area contributed by atoms with Crippen LogP contribution < -0.4 is 10.5 Å². The fraction of sp³-hybridized carbons (Fsp3) is 0.462. The maximum absolute atomic E-state index is 11.4. The number of nitrogens with two attached hydrogens (primary N) is 1. The molecule has 4 heteroatoms. The van der Waals surface area contributed by atoms with E-state index in [1.807, 2.05) is 31.2 Å². The summed E-state index contributed by atoms with van der Waals surface area (Å²) in [5.41, 5.74) is 6.79. The molecule has 2 N–H and O–H groups in total. The molecule has 0 saturated heterocycles. The van der Waals surface area contributed by atoms with Crippen LogP contribution in [0.1, 0.15) is 31.4 Å². The van der Waals surface area contributed by atoms with Crippen molar-refractivity contribution >= 4 is 5.97 Å². The average molecular weight is 237 g/mol. The molecule has 1 aromatic carbocycles. The standard InChI is InChI=1S/C13H19NO3/c1-3-8-17-13(15)9-11(14)10-6-4-5-7-12(10)16-2/h4-7,11H,3,8-9,14H2,1-2H3. The predicted octanol–water partition coefficient (Wildman–Crippen LogP) is 2.04. The Morgan fingerprint density at radius 1 is 1.41 bits per heavy atom. The SMILES string of the molecule is CCCOC(=O)CC(N)c1ccccc1OC. The van der Waals surface area contributed by atoms with E-state index in [0.29, 0.717) is 12.4 Å². The first-order valence-corrected chi connectivity index (χ1v) is 5.73. The molecule has 1 atom stereocenters. The summed E-state index contributed by atoms with van der Waals surface area (Å²) in [5, 5.41) is 0. The Morgan fingerprint density at radius 2 is 2.12 bits per heavy atom. The zero-order valence-corrected chi connectivity index (χ0v) is 10.3. The van der Waals surface area contributed by atoms with E-state index in [-0.39, 0.29) is 12.4 Å². The highest BCUT2D eigenvalue weighted by atomic mass is 16.5. The van der Waals surface area contributed by atoms with Gasteiger partial charge in [-0.15, -0.1) is 0 Å². The van der Waals surface area contributed by atoms with E-state index in [2.05, 4.69) is 0 Å². The number of esters is 1. The molecule has 0 amide bonds. The topological polar surface area (TPSA) is 61.5 Å². The van der Waals surface area contributed by atoms with Crippen LogP contribution >= 0.6 is 0 Å². The van der Waals surface area contributed by atoms with Gasteiger partial charge in [0.1, 0.15) is 5.75 Å². The first kappa shape index (κ1) is 13.5. The lowest BCUT2D eigenvalue weighted by Crippen LogP contribution is -2.18. The quantitative estimate of drug-likeness (QED) is 0.769. The summed E-state index contributed by atoms with van der Waals surface area (Å²) in [5.74, 6) is 0.425. The first-order valence-electron chi connectivity index (χ1n) is 5.73. The van der Waals surface area contributed by atoms with Gasteiger partial charge in [-0.1, -0.05) is 25.1 Å². The molecule has 0 aromatic heterocycles. The molecule has 4 nitrogen and oxygen atoms in total. The van der Waals surface area contributed by atoms with E-state index in [0.717, 1.165) is 12.0 Å². The molecular weight excluding hydrogens is 218 g/mol. The number of methoxy groups -OCH3 is 1. The van der Waals surface area contributed by atoms with Crippen molar-refractivity contribution in [2.24, 2.45) is 5.73 Å². The highest BCUT2D eigenvalue weighted by Crippen LogP contribution is 2.25. The minimum absolute atomic E-state index is 0.167. The summed E-state index contributed by atoms with van der Waals surface area (Å²) in [4.78, 5) is 11.4. The normalized spacial score (nSPS) is 11.9. The predicted molar refractivity (Wildman–Crippen MR) is 65.8 cm³/mol. The van der Waals surface area contributed by atoms with Crippen molar-refractivity contribution in [2.75, 3.05) is 13.7 Å². The zero-order chi connectivity index (χ0) is 12.7. The number of rotatable bonds is 6. The Hall–Kier alpha value is -1.55. The highest BCUT2D eigenvalue weighted by molar-refractivity contribution is 5.70. The molecule has 94 valence electrons. The number of hydrogen-bond donors (Lipinski definition) is 1. The molecule has 0 aliphatic carbocycles. The number of ether oxygens (including phenoxy) is 2. The molecule has 0 bridgehead atoms. The van der Waals surface area contributed by atoms with Gasteiger partial charge in [0, 0.05) is 11.6 Å². The summed E-state index contributed by atoms with van der Waals surface area (Å²) < 4.78 is 10.2. The Labute approximate surface area is 102 Å². The van der Waals surface area contributed by atoms with Crippen LogP contribution in [-0.4, -0.2) is 19.7 Å². The van der Waals surface area contributed by atoms with Crippen LogP contribution in [0.3, 0.4) is 0 Å². The van der Waals surface area contributed by atoms with Gasteiger partial charge in [-0.25, -0.2) is 0 Å². The van der Waals surface area contributed by atoms with Crippen LogP contribution in [0.5, 0.6) is 5.75 Å². The Morgan fingerprint density at radius 3 is 2.76 bits per heavy atom. The smallest absolute Gasteiger partial charge is 0.307 e. The van der Waals surface area contributed by atoms with Gasteiger partial charge in [-0.05, 0) is 12.5 Å². The molecule has 1 unspecified atom stereocenters. The van der Waals surface area contributed by atoms with Crippen molar-refractivity contribution in [2.45, 2.75) is 25.8 Å². The average Bonchev–Trinajstić information content (AvgIpc) is 2.36. The number of benzene rings is 1. The summed E-state index contributed by atoms with van der Waals surface area (Å²) in [6, 6.07) is 7.03. The third-order valence-electron chi connectivity index (χ3n) is 2.39. The summed E-state index contributed by atoms with van der Waals surface area (Å²) >= 11 is 0. The summed E-state index contributed by atoms with van der Waals surface area (Å²) in [6.07, 6.45) is 0.982. The van der Waals surface area contributed by atoms with Crippen LogP contribution in [0, 0.1) is 0 Å². The minimum Gasteiger partial charge on any atom is -0.496 e. The molecule has 1 aromatic rings. The second kappa shape index (κ2) is 6.91. The Kier molecular flexibility index (Phi) is 5.49. The Bertz CT molecular complexity index is 365. The lowest BCUT2D eigenvalue weighted by molar-refractivity contribution is -0.144. The van der Waals surface area contributed by atoms with E-state index in [1.54, 1.807) is 7.11 Å². The largest absolute Gasteiger partial charge is 0.496 e. The second-order valence-corrected chi connectivity index (χ2v) is 3.77. The molecule has 0 fully saturated rings. The van der Waals surface area contributed by atoms with Gasteiger partial charge in [0.15, 0.2) is 0 Å². The van der Waals surface area contributed by atoms with E-state index >= 15 is 0 Å². The molecule has 0 saturated carbocycles. The van der Waals surface area contributed by atoms with Crippen LogP contribution in [-0.2, 0) is 9.53 Å². The van der Waals surface area contributed by atoms with Crippen molar-refractivity contribution in [3.05, 3.63) is 29.8 Å². The van der Waals surface area contributed by atoms with Crippen molar-refractivity contribution in [3.8, 4) is 5.75 Å². The second-order valence-electron chi connectivity index (χ2n) is 3.77. The summed E-state index contributed by atoms with van der Waals surface area (Å²) in [7, 11) is 1.58. The maximum atomic E-state index is 11.4. The van der Waals surface area contributed by atoms with Gasteiger partial charge < -0.3 is 15.2 Å². The van der Waals surface area contributed by atoms with Gasteiger partial charge >= 0.3 is 5.97 Å². The van der Waals surface area contributed by atoms with Crippen molar-refractivity contribution in [1.29, 1.82) is 0 Å². The number of carbonyl (C=O) groups is 1. The number of carbonyl (C=O) groups excluding carboxylic acids is 1. The molecule has 17 heavy (non-hydrogen) atoms. The first-order chi connectivity index (χ1) is 8.19. The van der Waals surface area contributed by atoms with Gasteiger partial charge in [0.25, 0.3) is 0 Å². The maximum Gasteiger partial charge on any atom is 0.307 e. The lowest BCUT2D eigenvalue weighted by atomic mass is 10.0. The molecule has 0 radical (unpaired) electrons. The van der Waals surface area contributed by atoms with Gasteiger partial charge in [0.05, 0.1) is 20.1 Å². The van der Waals surface area contributed by atoms with Gasteiger partial charge in [-0.3, -0.25) is 4.79 Å². The van der Waals surface area contributed by atoms with Crippen molar-refractivity contribution < 1.29 is 14.3 Å². The summed E-state index contributed by atoms with van der Waals surface area (Å²) in [6.45, 7) is 2.39. The van der Waals surface area contributed by atoms with Crippen molar-refractivity contribution in [3.63, 3.8) is 0 Å². The number of hydrogen-bond acceptors (Lipinski definition) is 4. The molecular formula is C13H19NO3. The van der Waals surface area contributed by atoms with Crippen LogP contribution in [0.15, 0.2) is 24.3 Å².